The van der Waals surface area contributed by atoms with Crippen molar-refractivity contribution in [1.82, 2.24) is 9.47 Å². The summed E-state index contributed by atoms with van der Waals surface area (Å²) in [6, 6.07) is 20.7. The van der Waals surface area contributed by atoms with Crippen molar-refractivity contribution in [3.8, 4) is 0 Å². The van der Waals surface area contributed by atoms with Gasteiger partial charge in [-0.2, -0.15) is 0 Å². The minimum absolute atomic E-state index is 0.163. The average Bonchev–Trinajstić information content (AvgIpc) is 3.47. The summed E-state index contributed by atoms with van der Waals surface area (Å²) in [6.07, 6.45) is 0.265. The van der Waals surface area contributed by atoms with E-state index in [0.29, 0.717) is 12.3 Å². The zero-order chi connectivity index (χ0) is 26.1. The lowest BCUT2D eigenvalue weighted by molar-refractivity contribution is -0.121. The summed E-state index contributed by atoms with van der Waals surface area (Å²) in [5, 5.41) is 6.30. The van der Waals surface area contributed by atoms with Crippen molar-refractivity contribution in [2.45, 2.75) is 39.8 Å². The number of carbonyl (C=O) groups excluding carboxylic acids is 2. The molecule has 0 unspecified atom stereocenters. The number of carbonyl (C=O) groups is 2. The maximum Gasteiger partial charge on any atom is 0.315 e. The minimum Gasteiger partial charge on any atom is -0.396 e. The molecule has 3 aromatic carbocycles. The number of primary amides is 1. The molecule has 37 heavy (non-hydrogen) atoms. The Hall–Kier alpha value is -4.33. The molecule has 0 aliphatic carbocycles. The molecule has 1 saturated heterocycles. The van der Waals surface area contributed by atoms with Crippen molar-refractivity contribution in [2.75, 3.05) is 18.1 Å². The monoisotopic (exact) mass is 497 g/mol. The number of urea groups is 1. The van der Waals surface area contributed by atoms with Gasteiger partial charge in [-0.3, -0.25) is 9.69 Å². The second kappa shape index (κ2) is 9.97. The number of benzene rings is 3. The van der Waals surface area contributed by atoms with Crippen LogP contribution in [-0.4, -0.2) is 46.3 Å². The number of nitrogens with two attached hydrogens (primary N) is 1. The molecule has 190 valence electrons. The number of amides is 3. The topological polar surface area (TPSA) is 93.2 Å². The number of anilines is 2. The minimum atomic E-state index is -0.787. The highest BCUT2D eigenvalue weighted by molar-refractivity contribution is 6.13. The molecule has 5 rings (SSSR count). The van der Waals surface area contributed by atoms with Crippen LogP contribution in [0.3, 0.4) is 0 Å². The largest absolute Gasteiger partial charge is 0.396 e. The van der Waals surface area contributed by atoms with E-state index in [9.17, 15) is 9.59 Å². The smallest absolute Gasteiger partial charge is 0.315 e. The zero-order valence-electron chi connectivity index (χ0n) is 21.3. The molecular formula is C29H31N5O3. The lowest BCUT2D eigenvalue weighted by Crippen LogP contribution is -2.48. The number of aryl methyl sites for hydroxylation is 2. The average molecular weight is 498 g/mol. The number of oxime groups is 1. The maximum absolute atomic E-state index is 14.2. The highest BCUT2D eigenvalue weighted by Gasteiger charge is 2.40. The van der Waals surface area contributed by atoms with Gasteiger partial charge in [0.25, 0.3) is 5.91 Å². The Kier molecular flexibility index (Phi) is 6.56. The van der Waals surface area contributed by atoms with Gasteiger partial charge in [-0.05, 0) is 62.7 Å². The van der Waals surface area contributed by atoms with Gasteiger partial charge < -0.3 is 20.0 Å². The first-order valence-corrected chi connectivity index (χ1v) is 12.6. The number of likely N-dealkylation sites (tertiary alicyclic amines) is 1. The first-order chi connectivity index (χ1) is 17.9. The molecular weight excluding hydrogens is 466 g/mol. The number of fused-ring (bicyclic) bond motifs is 3. The fraction of sp³-hybridized carbons (Fsp3) is 0.276. The van der Waals surface area contributed by atoms with Crippen LogP contribution in [0.15, 0.2) is 71.9 Å². The van der Waals surface area contributed by atoms with Gasteiger partial charge in [0.1, 0.15) is 12.6 Å². The van der Waals surface area contributed by atoms with Gasteiger partial charge in [-0.25, -0.2) is 4.79 Å². The lowest BCUT2D eigenvalue weighted by atomic mass is 10.1. The highest BCUT2D eigenvalue weighted by atomic mass is 16.6. The summed E-state index contributed by atoms with van der Waals surface area (Å²) in [5.41, 5.74) is 11.0. The van der Waals surface area contributed by atoms with E-state index < -0.39 is 12.1 Å². The number of hydrogen-bond acceptors (Lipinski definition) is 4. The molecule has 0 bridgehead atoms. The van der Waals surface area contributed by atoms with Gasteiger partial charge >= 0.3 is 6.03 Å². The summed E-state index contributed by atoms with van der Waals surface area (Å²) in [5.74, 6) is -0.246. The molecule has 1 atom stereocenters. The van der Waals surface area contributed by atoms with Crippen LogP contribution < -0.4 is 10.6 Å². The number of nitrogens with zero attached hydrogens (tertiary/aromatic N) is 4. The van der Waals surface area contributed by atoms with Crippen molar-refractivity contribution >= 4 is 50.8 Å². The van der Waals surface area contributed by atoms with E-state index in [-0.39, 0.29) is 18.9 Å². The Morgan fingerprint density at radius 2 is 1.76 bits per heavy atom. The Labute approximate surface area is 215 Å². The van der Waals surface area contributed by atoms with E-state index in [1.807, 2.05) is 56.3 Å². The standard InChI is InChI=1S/C29H31N5O3/c1-4-32-25-12-7-6-11-23(25)24-17-22(13-14-26(24)32)34(21-10-8-9-19(3)15-21)28(35)27-16-20(31-37-5-2)18-33(27)29(30)36/h6-15,17,27H,4-5,16,18H2,1-3H3,(H2,30,36)/t27-/m0/s1. The quantitative estimate of drug-likeness (QED) is 0.365. The fourth-order valence-electron chi connectivity index (χ4n) is 5.22. The lowest BCUT2D eigenvalue weighted by Gasteiger charge is -2.29. The molecule has 1 aliphatic heterocycles. The Morgan fingerprint density at radius 1 is 1.00 bits per heavy atom. The van der Waals surface area contributed by atoms with Gasteiger partial charge in [-0.1, -0.05) is 35.5 Å². The normalized spacial score (nSPS) is 16.6. The van der Waals surface area contributed by atoms with Crippen LogP contribution >= 0.6 is 0 Å². The summed E-state index contributed by atoms with van der Waals surface area (Å²) in [7, 11) is 0. The van der Waals surface area contributed by atoms with Crippen LogP contribution in [0.25, 0.3) is 21.8 Å². The Morgan fingerprint density at radius 3 is 2.49 bits per heavy atom. The van der Waals surface area contributed by atoms with Crippen LogP contribution in [0.1, 0.15) is 25.8 Å². The van der Waals surface area contributed by atoms with E-state index >= 15 is 0 Å². The molecule has 4 aromatic rings. The predicted octanol–water partition coefficient (Wildman–Crippen LogP) is 5.33. The molecule has 1 aliphatic rings. The molecule has 2 heterocycles. The van der Waals surface area contributed by atoms with E-state index in [1.54, 1.807) is 4.90 Å². The predicted molar refractivity (Wildman–Crippen MR) is 147 cm³/mol. The third kappa shape index (κ3) is 4.39. The SMILES string of the molecule is CCON=C1C[C@@H](C(=O)N(c2cccc(C)c2)c2ccc3c(c2)c2ccccc2n3CC)N(C(N)=O)C1. The molecule has 1 fully saturated rings. The zero-order valence-corrected chi connectivity index (χ0v) is 21.3. The summed E-state index contributed by atoms with van der Waals surface area (Å²) < 4.78 is 2.27. The van der Waals surface area contributed by atoms with Crippen LogP contribution in [0, 0.1) is 6.92 Å². The van der Waals surface area contributed by atoms with Crippen molar-refractivity contribution in [2.24, 2.45) is 10.9 Å². The second-order valence-corrected chi connectivity index (χ2v) is 9.24. The van der Waals surface area contributed by atoms with Gasteiger partial charge in [-0.15, -0.1) is 0 Å². The third-order valence-electron chi connectivity index (χ3n) is 6.86. The highest BCUT2D eigenvalue weighted by Crippen LogP contribution is 2.36. The number of aromatic nitrogens is 1. The number of para-hydroxylation sites is 1. The maximum atomic E-state index is 14.2. The molecule has 0 radical (unpaired) electrons. The summed E-state index contributed by atoms with van der Waals surface area (Å²) in [4.78, 5) is 34.8. The van der Waals surface area contributed by atoms with Crippen LogP contribution in [-0.2, 0) is 16.2 Å². The Bertz CT molecular complexity index is 1520. The summed E-state index contributed by atoms with van der Waals surface area (Å²) >= 11 is 0. The third-order valence-corrected chi connectivity index (χ3v) is 6.86. The van der Waals surface area contributed by atoms with E-state index in [0.717, 1.165) is 45.3 Å². The second-order valence-electron chi connectivity index (χ2n) is 9.24. The molecule has 0 spiro atoms. The van der Waals surface area contributed by atoms with Gasteiger partial charge in [0.2, 0.25) is 0 Å². The first kappa shape index (κ1) is 24.4. The van der Waals surface area contributed by atoms with Crippen molar-refractivity contribution in [3.63, 3.8) is 0 Å². The summed E-state index contributed by atoms with van der Waals surface area (Å²) in [6.45, 7) is 7.35. The van der Waals surface area contributed by atoms with Crippen LogP contribution in [0.5, 0.6) is 0 Å². The fourth-order valence-corrected chi connectivity index (χ4v) is 5.22. The van der Waals surface area contributed by atoms with Gasteiger partial charge in [0.15, 0.2) is 0 Å². The van der Waals surface area contributed by atoms with E-state index in [1.165, 1.54) is 4.90 Å². The van der Waals surface area contributed by atoms with E-state index in [2.05, 4.69) is 40.9 Å². The molecule has 1 aromatic heterocycles. The first-order valence-electron chi connectivity index (χ1n) is 12.6. The number of rotatable bonds is 6. The van der Waals surface area contributed by atoms with Crippen molar-refractivity contribution in [1.29, 1.82) is 0 Å². The Balaban J connectivity index is 1.65. The van der Waals surface area contributed by atoms with Gasteiger partial charge in [0.05, 0.1) is 12.3 Å². The van der Waals surface area contributed by atoms with Crippen molar-refractivity contribution < 1.29 is 14.4 Å². The molecule has 0 saturated carbocycles. The van der Waals surface area contributed by atoms with Crippen LogP contribution in [0.4, 0.5) is 16.2 Å². The molecule has 8 heteroatoms. The molecule has 2 N–H and O–H groups in total. The van der Waals surface area contributed by atoms with Crippen molar-refractivity contribution in [3.05, 3.63) is 72.3 Å². The molecule has 3 amide bonds. The van der Waals surface area contributed by atoms with E-state index in [4.69, 9.17) is 10.6 Å². The molecule has 8 nitrogen and oxygen atoms in total. The number of hydrogen-bond donors (Lipinski definition) is 1. The van der Waals surface area contributed by atoms with Crippen LogP contribution in [0.2, 0.25) is 0 Å². The van der Waals surface area contributed by atoms with Gasteiger partial charge in [0, 0.05) is 46.1 Å².